The summed E-state index contributed by atoms with van der Waals surface area (Å²) in [7, 11) is 0. The molecule has 3 rings (SSSR count). The van der Waals surface area contributed by atoms with Crippen LogP contribution in [-0.4, -0.2) is 33.9 Å². The van der Waals surface area contributed by atoms with Gasteiger partial charge in [-0.25, -0.2) is 9.59 Å². The molecule has 5 heteroatoms. The molecule has 0 amide bonds. The zero-order valence-electron chi connectivity index (χ0n) is 17.1. The lowest BCUT2D eigenvalue weighted by Crippen LogP contribution is -2.50. The fraction of sp³-hybridized carbons (Fsp3) is 0.565. The fourth-order valence-electron chi connectivity index (χ4n) is 5.13. The van der Waals surface area contributed by atoms with Gasteiger partial charge in [-0.2, -0.15) is 0 Å². The molecule has 1 saturated carbocycles. The third kappa shape index (κ3) is 3.48. The second-order valence-corrected chi connectivity index (χ2v) is 9.03. The minimum Gasteiger partial charge on any atom is -0.478 e. The highest BCUT2D eigenvalue weighted by Crippen LogP contribution is 2.58. The summed E-state index contributed by atoms with van der Waals surface area (Å²) < 4.78 is 5.94. The lowest BCUT2D eigenvalue weighted by atomic mass is 9.67. The second-order valence-electron chi connectivity index (χ2n) is 9.03. The molecule has 2 aliphatic carbocycles. The zero-order valence-corrected chi connectivity index (χ0v) is 17.1. The number of aromatic carboxylic acids is 1. The number of carbonyl (C=O) groups is 2. The van der Waals surface area contributed by atoms with Gasteiger partial charge in [0.05, 0.1) is 16.7 Å². The summed E-state index contributed by atoms with van der Waals surface area (Å²) in [5.74, 6) is -1.97. The molecule has 0 aliphatic heterocycles. The van der Waals surface area contributed by atoms with E-state index in [9.17, 15) is 19.8 Å². The number of aliphatic hydroxyl groups is 1. The molecule has 0 bridgehead atoms. The molecule has 152 valence electrons. The normalized spacial score (nSPS) is 32.4. The monoisotopic (exact) mass is 386 g/mol. The van der Waals surface area contributed by atoms with Crippen molar-refractivity contribution < 1.29 is 24.5 Å². The maximum absolute atomic E-state index is 12.9. The number of esters is 1. The van der Waals surface area contributed by atoms with Gasteiger partial charge in [-0.15, -0.1) is 0 Å². The molecule has 2 N–H and O–H groups in total. The van der Waals surface area contributed by atoms with E-state index in [0.717, 1.165) is 18.4 Å². The number of hydrogen-bond acceptors (Lipinski definition) is 4. The van der Waals surface area contributed by atoms with Gasteiger partial charge in [0.25, 0.3) is 0 Å². The fourth-order valence-corrected chi connectivity index (χ4v) is 5.13. The van der Waals surface area contributed by atoms with E-state index < -0.39 is 23.6 Å². The van der Waals surface area contributed by atoms with Crippen LogP contribution in [-0.2, 0) is 4.74 Å². The van der Waals surface area contributed by atoms with Crippen molar-refractivity contribution in [3.63, 3.8) is 0 Å². The summed E-state index contributed by atoms with van der Waals surface area (Å²) in [4.78, 5) is 24.4. The van der Waals surface area contributed by atoms with E-state index in [-0.39, 0.29) is 28.4 Å². The largest absolute Gasteiger partial charge is 0.478 e. The Morgan fingerprint density at radius 3 is 2.43 bits per heavy atom. The van der Waals surface area contributed by atoms with Gasteiger partial charge in [-0.1, -0.05) is 44.6 Å². The molecular formula is C23H30O5. The summed E-state index contributed by atoms with van der Waals surface area (Å²) in [5, 5.41) is 20.9. The average molecular weight is 386 g/mol. The van der Waals surface area contributed by atoms with Crippen molar-refractivity contribution in [2.45, 2.75) is 65.1 Å². The number of hydrogen-bond donors (Lipinski definition) is 2. The number of benzene rings is 1. The number of ether oxygens (including phenoxy) is 1. The van der Waals surface area contributed by atoms with Crippen LogP contribution >= 0.6 is 0 Å². The number of allylic oxidation sites excluding steroid dienone is 1. The van der Waals surface area contributed by atoms with E-state index in [1.807, 2.05) is 20.8 Å². The van der Waals surface area contributed by atoms with E-state index in [4.69, 9.17) is 4.74 Å². The van der Waals surface area contributed by atoms with E-state index >= 15 is 0 Å². The van der Waals surface area contributed by atoms with Crippen molar-refractivity contribution in [3.8, 4) is 0 Å². The quantitative estimate of drug-likeness (QED) is 0.590. The lowest BCUT2D eigenvalue weighted by molar-refractivity contribution is -0.112. The number of rotatable bonds is 4. The van der Waals surface area contributed by atoms with E-state index in [1.54, 1.807) is 12.1 Å². The molecule has 0 radical (unpaired) electrons. The summed E-state index contributed by atoms with van der Waals surface area (Å²) in [5.41, 5.74) is 0.0415. The van der Waals surface area contributed by atoms with Gasteiger partial charge in [0.15, 0.2) is 0 Å². The molecule has 0 aromatic heterocycles. The van der Waals surface area contributed by atoms with E-state index in [0.29, 0.717) is 12.8 Å². The van der Waals surface area contributed by atoms with Crippen molar-refractivity contribution in [2.24, 2.45) is 17.3 Å². The molecule has 0 unspecified atom stereocenters. The Morgan fingerprint density at radius 1 is 1.18 bits per heavy atom. The maximum atomic E-state index is 12.9. The highest BCUT2D eigenvalue weighted by molar-refractivity contribution is 6.02. The van der Waals surface area contributed by atoms with E-state index in [2.05, 4.69) is 13.0 Å². The Morgan fingerprint density at radius 2 is 1.82 bits per heavy atom. The van der Waals surface area contributed by atoms with Crippen LogP contribution in [0.25, 0.3) is 0 Å². The molecule has 0 saturated heterocycles. The van der Waals surface area contributed by atoms with Crippen molar-refractivity contribution in [1.29, 1.82) is 0 Å². The van der Waals surface area contributed by atoms with Crippen LogP contribution in [0.15, 0.2) is 35.9 Å². The SMILES string of the molecule is CC1=CC[C@@]2(C)CC[C@@](O)(C(C)C)[C@@H]2[C@@H](OC(=O)c2ccccc2C(=O)O)C1. The first-order valence-corrected chi connectivity index (χ1v) is 10.00. The second kappa shape index (κ2) is 7.36. The molecule has 0 heterocycles. The van der Waals surface area contributed by atoms with Gasteiger partial charge >= 0.3 is 11.9 Å². The summed E-state index contributed by atoms with van der Waals surface area (Å²) >= 11 is 0. The Balaban J connectivity index is 1.98. The topological polar surface area (TPSA) is 83.8 Å². The highest BCUT2D eigenvalue weighted by Gasteiger charge is 2.59. The first-order valence-electron chi connectivity index (χ1n) is 10.00. The van der Waals surface area contributed by atoms with Gasteiger partial charge in [0.1, 0.15) is 6.10 Å². The first kappa shape index (κ1) is 20.6. The van der Waals surface area contributed by atoms with Crippen molar-refractivity contribution >= 4 is 11.9 Å². The van der Waals surface area contributed by atoms with Gasteiger partial charge in [-0.3, -0.25) is 0 Å². The molecule has 1 fully saturated rings. The maximum Gasteiger partial charge on any atom is 0.339 e. The summed E-state index contributed by atoms with van der Waals surface area (Å²) in [6.07, 6.45) is 4.65. The van der Waals surface area contributed by atoms with Crippen molar-refractivity contribution in [2.75, 3.05) is 0 Å². The minimum absolute atomic E-state index is 0.0326. The van der Waals surface area contributed by atoms with Gasteiger partial charge in [0, 0.05) is 12.3 Å². The standard InChI is InChI=1S/C23H30O5/c1-14(2)23(27)12-11-22(4)10-9-15(3)13-18(19(22)23)28-21(26)17-8-6-5-7-16(17)20(24)25/h5-9,14,18-19,27H,10-13H2,1-4H3,(H,24,25)/t18-,19+,22-,23+/m0/s1. The molecule has 1 aromatic carbocycles. The summed E-state index contributed by atoms with van der Waals surface area (Å²) in [6, 6.07) is 6.10. The predicted octanol–water partition coefficient (Wildman–Crippen LogP) is 4.45. The van der Waals surface area contributed by atoms with Crippen LogP contribution in [0, 0.1) is 17.3 Å². The van der Waals surface area contributed by atoms with Crippen molar-refractivity contribution in [1.82, 2.24) is 0 Å². The van der Waals surface area contributed by atoms with Crippen LogP contribution in [0.2, 0.25) is 0 Å². The molecular weight excluding hydrogens is 356 g/mol. The Hall–Kier alpha value is -2.14. The Kier molecular flexibility index (Phi) is 5.41. The molecule has 5 nitrogen and oxygen atoms in total. The zero-order chi connectivity index (χ0) is 20.7. The number of fused-ring (bicyclic) bond motifs is 1. The molecule has 4 atom stereocenters. The molecule has 28 heavy (non-hydrogen) atoms. The minimum atomic E-state index is -1.16. The van der Waals surface area contributed by atoms with Crippen LogP contribution in [0.3, 0.4) is 0 Å². The molecule has 0 spiro atoms. The molecule has 1 aromatic rings. The Labute approximate surface area is 166 Å². The van der Waals surface area contributed by atoms with Gasteiger partial charge in [0.2, 0.25) is 0 Å². The lowest BCUT2D eigenvalue weighted by Gasteiger charge is -2.43. The Bertz CT molecular complexity index is 811. The number of carbonyl (C=O) groups excluding carboxylic acids is 1. The smallest absolute Gasteiger partial charge is 0.339 e. The number of carboxylic acid groups (broad SMARTS) is 1. The van der Waals surface area contributed by atoms with Gasteiger partial charge < -0.3 is 14.9 Å². The van der Waals surface area contributed by atoms with Crippen molar-refractivity contribution in [3.05, 3.63) is 47.0 Å². The highest BCUT2D eigenvalue weighted by atomic mass is 16.5. The summed E-state index contributed by atoms with van der Waals surface area (Å²) in [6.45, 7) is 8.20. The first-order chi connectivity index (χ1) is 13.1. The average Bonchev–Trinajstić information content (AvgIpc) is 2.84. The van der Waals surface area contributed by atoms with Crippen LogP contribution in [0.4, 0.5) is 0 Å². The van der Waals surface area contributed by atoms with Crippen LogP contribution in [0.1, 0.15) is 74.1 Å². The number of carboxylic acids is 1. The third-order valence-corrected chi connectivity index (χ3v) is 6.83. The van der Waals surface area contributed by atoms with E-state index in [1.165, 1.54) is 12.1 Å². The third-order valence-electron chi connectivity index (χ3n) is 6.83. The van der Waals surface area contributed by atoms with Crippen LogP contribution < -0.4 is 0 Å². The van der Waals surface area contributed by atoms with Crippen LogP contribution in [0.5, 0.6) is 0 Å². The predicted molar refractivity (Wildman–Crippen MR) is 106 cm³/mol. The molecule has 2 aliphatic rings. The van der Waals surface area contributed by atoms with Gasteiger partial charge in [-0.05, 0) is 49.7 Å².